The summed E-state index contributed by atoms with van der Waals surface area (Å²) >= 11 is 3.76. The van der Waals surface area contributed by atoms with E-state index in [1.807, 2.05) is 18.2 Å². The number of hydrogen-bond acceptors (Lipinski definition) is 4. The second-order valence-corrected chi connectivity index (χ2v) is 7.58. The average Bonchev–Trinajstić information content (AvgIpc) is 2.73. The highest BCUT2D eigenvalue weighted by molar-refractivity contribution is 9.10. The second kappa shape index (κ2) is 8.40. The van der Waals surface area contributed by atoms with Crippen molar-refractivity contribution in [1.82, 2.24) is 4.48 Å². The molecule has 1 saturated heterocycles. The molecule has 0 aromatic heterocycles. The fourth-order valence-corrected chi connectivity index (χ4v) is 4.61. The molecule has 1 aliphatic rings. The largest absolute Gasteiger partial charge is 0.495 e. The third kappa shape index (κ3) is 3.73. The first-order valence-corrected chi connectivity index (χ1v) is 10.0. The number of methoxy groups -OCH3 is 3. The highest BCUT2D eigenvalue weighted by Crippen LogP contribution is 2.42. The molecule has 1 heterocycles. The average molecular weight is 436 g/mol. The van der Waals surface area contributed by atoms with Crippen LogP contribution in [0.1, 0.15) is 6.92 Å². The van der Waals surface area contributed by atoms with Gasteiger partial charge in [-0.25, -0.2) is 0 Å². The van der Waals surface area contributed by atoms with E-state index < -0.39 is 0 Å². The standard InChI is InChI=1S/C21H28BrN2O3/c1-5-24(18-15-21(27-4)20(26-3)14-16(18)22)12-10-23(11-13-24)17-8-6-7-9-19(17)25-2/h6-9,14-15H,5,10-13H2,1-4H3/q+1. The topological polar surface area (TPSA) is 30.9 Å². The summed E-state index contributed by atoms with van der Waals surface area (Å²) in [5.74, 6) is 2.45. The summed E-state index contributed by atoms with van der Waals surface area (Å²) < 4.78 is 18.5. The number of likely N-dealkylation sites (N-methyl/N-ethyl adjacent to an activating group) is 1. The lowest BCUT2D eigenvalue weighted by molar-refractivity contribution is 0.265. The van der Waals surface area contributed by atoms with E-state index in [1.54, 1.807) is 21.3 Å². The SMILES string of the molecule is CC[N+]1(c2cc(OC)c(OC)cc2Br)CCN(c2ccccc2OC)CC1. The Hall–Kier alpha value is -1.92. The van der Waals surface area contributed by atoms with Crippen LogP contribution in [0.5, 0.6) is 17.2 Å². The Morgan fingerprint density at radius 1 is 0.926 bits per heavy atom. The third-order valence-electron chi connectivity index (χ3n) is 5.59. The van der Waals surface area contributed by atoms with E-state index in [0.717, 1.165) is 58.9 Å². The Morgan fingerprint density at radius 2 is 1.52 bits per heavy atom. The zero-order chi connectivity index (χ0) is 19.4. The molecular formula is C21H28BrN2O3+. The number of quaternary nitrogens is 1. The van der Waals surface area contributed by atoms with Gasteiger partial charge in [-0.15, -0.1) is 0 Å². The van der Waals surface area contributed by atoms with Crippen LogP contribution in [0, 0.1) is 0 Å². The van der Waals surface area contributed by atoms with Crippen molar-refractivity contribution in [2.24, 2.45) is 0 Å². The number of piperazine rings is 1. The van der Waals surface area contributed by atoms with Crippen LogP contribution in [0.4, 0.5) is 11.4 Å². The van der Waals surface area contributed by atoms with E-state index in [0.29, 0.717) is 0 Å². The molecule has 3 rings (SSSR count). The van der Waals surface area contributed by atoms with Crippen molar-refractivity contribution in [3.05, 3.63) is 40.9 Å². The van der Waals surface area contributed by atoms with E-state index >= 15 is 0 Å². The molecule has 1 fully saturated rings. The van der Waals surface area contributed by atoms with Gasteiger partial charge in [0.05, 0.1) is 51.1 Å². The molecule has 0 saturated carbocycles. The van der Waals surface area contributed by atoms with E-state index in [-0.39, 0.29) is 0 Å². The zero-order valence-corrected chi connectivity index (χ0v) is 18.1. The van der Waals surface area contributed by atoms with Gasteiger partial charge in [0.25, 0.3) is 0 Å². The highest BCUT2D eigenvalue weighted by Gasteiger charge is 2.37. The minimum Gasteiger partial charge on any atom is -0.495 e. The first kappa shape index (κ1) is 19.8. The summed E-state index contributed by atoms with van der Waals surface area (Å²) in [7, 11) is 5.08. The van der Waals surface area contributed by atoms with E-state index in [4.69, 9.17) is 14.2 Å². The molecule has 1 aliphatic heterocycles. The molecule has 2 aromatic carbocycles. The Morgan fingerprint density at radius 3 is 2.11 bits per heavy atom. The summed E-state index contributed by atoms with van der Waals surface area (Å²) in [6.45, 7) is 7.24. The summed E-state index contributed by atoms with van der Waals surface area (Å²) in [5, 5.41) is 0. The van der Waals surface area contributed by atoms with Gasteiger partial charge in [0.1, 0.15) is 18.8 Å². The number of anilines is 1. The van der Waals surface area contributed by atoms with Gasteiger partial charge in [-0.05, 0) is 35.0 Å². The molecule has 146 valence electrons. The lowest BCUT2D eigenvalue weighted by Crippen LogP contribution is -2.61. The van der Waals surface area contributed by atoms with Crippen LogP contribution in [0.2, 0.25) is 0 Å². The van der Waals surface area contributed by atoms with Crippen LogP contribution >= 0.6 is 15.9 Å². The van der Waals surface area contributed by atoms with Crippen LogP contribution in [0.3, 0.4) is 0 Å². The van der Waals surface area contributed by atoms with Gasteiger partial charge in [0.15, 0.2) is 17.2 Å². The molecule has 0 amide bonds. The minimum atomic E-state index is 0.745. The van der Waals surface area contributed by atoms with Gasteiger partial charge >= 0.3 is 0 Å². The number of halogens is 1. The van der Waals surface area contributed by atoms with Gasteiger partial charge in [-0.3, -0.25) is 4.48 Å². The Kier molecular flexibility index (Phi) is 6.17. The number of rotatable bonds is 6. The van der Waals surface area contributed by atoms with Crippen LogP contribution in [0.15, 0.2) is 40.9 Å². The van der Waals surface area contributed by atoms with Gasteiger partial charge in [0.2, 0.25) is 0 Å². The molecule has 5 nitrogen and oxygen atoms in total. The normalized spacial score (nSPS) is 16.1. The van der Waals surface area contributed by atoms with E-state index in [2.05, 4.69) is 46.0 Å². The van der Waals surface area contributed by atoms with E-state index in [9.17, 15) is 0 Å². The molecule has 6 heteroatoms. The van der Waals surface area contributed by atoms with Gasteiger partial charge in [0, 0.05) is 12.1 Å². The molecule has 0 radical (unpaired) electrons. The Balaban J connectivity index is 1.89. The third-order valence-corrected chi connectivity index (χ3v) is 6.23. The summed E-state index contributed by atoms with van der Waals surface area (Å²) in [5.41, 5.74) is 2.41. The van der Waals surface area contributed by atoms with Crippen LogP contribution in [-0.2, 0) is 0 Å². The first-order valence-electron chi connectivity index (χ1n) is 9.24. The molecular weight excluding hydrogens is 408 g/mol. The fourth-order valence-electron chi connectivity index (χ4n) is 3.91. The van der Waals surface area contributed by atoms with Gasteiger partial charge < -0.3 is 19.1 Å². The molecule has 0 aliphatic carbocycles. The van der Waals surface area contributed by atoms with Crippen molar-refractivity contribution in [3.8, 4) is 17.2 Å². The number of hydrogen-bond donors (Lipinski definition) is 0. The zero-order valence-electron chi connectivity index (χ0n) is 16.5. The van der Waals surface area contributed by atoms with E-state index in [1.165, 1.54) is 11.4 Å². The summed E-state index contributed by atoms with van der Waals surface area (Å²) in [4.78, 5) is 2.42. The van der Waals surface area contributed by atoms with Crippen LogP contribution in [0.25, 0.3) is 0 Å². The monoisotopic (exact) mass is 435 g/mol. The van der Waals surface area contributed by atoms with Crippen LogP contribution in [-0.4, -0.2) is 54.1 Å². The maximum Gasteiger partial charge on any atom is 0.166 e. The van der Waals surface area contributed by atoms with Crippen molar-refractivity contribution in [2.45, 2.75) is 6.92 Å². The van der Waals surface area contributed by atoms with Crippen molar-refractivity contribution in [2.75, 3.05) is 59.0 Å². The van der Waals surface area contributed by atoms with Crippen molar-refractivity contribution in [1.29, 1.82) is 0 Å². The number of benzene rings is 2. The highest BCUT2D eigenvalue weighted by atomic mass is 79.9. The van der Waals surface area contributed by atoms with Crippen molar-refractivity contribution >= 4 is 27.3 Å². The molecule has 0 unspecified atom stereocenters. The molecule has 2 aromatic rings. The van der Waals surface area contributed by atoms with Gasteiger partial charge in [-0.1, -0.05) is 12.1 Å². The number of para-hydroxylation sites is 2. The predicted octanol–water partition coefficient (Wildman–Crippen LogP) is 4.32. The number of nitrogens with zero attached hydrogens (tertiary/aromatic N) is 2. The maximum atomic E-state index is 5.55. The fraction of sp³-hybridized carbons (Fsp3) is 0.429. The first-order chi connectivity index (χ1) is 13.1. The second-order valence-electron chi connectivity index (χ2n) is 6.73. The van der Waals surface area contributed by atoms with Crippen molar-refractivity contribution < 1.29 is 14.2 Å². The summed E-state index contributed by atoms with van der Waals surface area (Å²) in [6, 6.07) is 12.4. The molecule has 27 heavy (non-hydrogen) atoms. The predicted molar refractivity (Wildman–Crippen MR) is 115 cm³/mol. The molecule has 0 bridgehead atoms. The van der Waals surface area contributed by atoms with Gasteiger partial charge in [-0.2, -0.15) is 0 Å². The smallest absolute Gasteiger partial charge is 0.166 e. The molecule has 0 N–H and O–H groups in total. The Labute approximate surface area is 170 Å². The molecule has 0 atom stereocenters. The number of ether oxygens (including phenoxy) is 3. The van der Waals surface area contributed by atoms with Crippen molar-refractivity contribution in [3.63, 3.8) is 0 Å². The molecule has 0 spiro atoms. The maximum absolute atomic E-state index is 5.55. The quantitative estimate of drug-likeness (QED) is 0.632. The lowest BCUT2D eigenvalue weighted by Gasteiger charge is -2.45. The Bertz CT molecular complexity index is 789. The minimum absolute atomic E-state index is 0.745. The van der Waals surface area contributed by atoms with Crippen LogP contribution < -0.4 is 23.6 Å². The lowest BCUT2D eigenvalue weighted by atomic mass is 10.1. The summed E-state index contributed by atoms with van der Waals surface area (Å²) in [6.07, 6.45) is 0.